The maximum Gasteiger partial charge on any atom is 0.0610 e. The Labute approximate surface area is 138 Å². The average Bonchev–Trinajstić information content (AvgIpc) is 2.44. The van der Waals surface area contributed by atoms with Gasteiger partial charge in [-0.25, -0.2) is 0 Å². The van der Waals surface area contributed by atoms with E-state index in [4.69, 9.17) is 11.6 Å². The van der Waals surface area contributed by atoms with Gasteiger partial charge in [-0.2, -0.15) is 11.8 Å². The third kappa shape index (κ3) is 8.10. The molecule has 0 saturated carbocycles. The molecule has 1 unspecified atom stereocenters. The zero-order valence-corrected chi connectivity index (χ0v) is 14.9. The fourth-order valence-electron chi connectivity index (χ4n) is 2.38. The van der Waals surface area contributed by atoms with Gasteiger partial charge in [0.15, 0.2) is 0 Å². The minimum Gasteiger partial charge on any atom is -0.394 e. The second-order valence-electron chi connectivity index (χ2n) is 6.15. The molecule has 2 nitrogen and oxygen atoms in total. The van der Waals surface area contributed by atoms with Gasteiger partial charge in [-0.3, -0.25) is 0 Å². The normalized spacial score (nSPS) is 14.4. The highest BCUT2D eigenvalue weighted by molar-refractivity contribution is 7.98. The first-order valence-electron chi connectivity index (χ1n) is 7.66. The average molecular weight is 330 g/mol. The van der Waals surface area contributed by atoms with Gasteiger partial charge in [0.05, 0.1) is 6.61 Å². The SMILES string of the molecule is CC(C)NC(C)(CO)CCCCSCc1ccc(Cl)cc1. The standard InChI is InChI=1S/C17H28ClNOS/c1-14(2)19-17(3,13-20)10-4-5-11-21-12-15-6-8-16(18)9-7-15/h6-9,14,19-20H,4-5,10-13H2,1-3H3. The summed E-state index contributed by atoms with van der Waals surface area (Å²) in [5.41, 5.74) is 1.18. The summed E-state index contributed by atoms with van der Waals surface area (Å²) in [6.45, 7) is 6.54. The molecule has 1 aromatic rings. The van der Waals surface area contributed by atoms with Crippen LogP contribution in [0.4, 0.5) is 0 Å². The zero-order chi connectivity index (χ0) is 15.7. The van der Waals surface area contributed by atoms with E-state index in [0.29, 0.717) is 6.04 Å². The molecule has 0 saturated heterocycles. The van der Waals surface area contributed by atoms with E-state index in [9.17, 15) is 5.11 Å². The molecule has 21 heavy (non-hydrogen) atoms. The van der Waals surface area contributed by atoms with Crippen LogP contribution >= 0.6 is 23.4 Å². The number of thioether (sulfide) groups is 1. The predicted molar refractivity (Wildman–Crippen MR) is 95.2 cm³/mol. The number of aliphatic hydroxyl groups is 1. The quantitative estimate of drug-likeness (QED) is 0.620. The summed E-state index contributed by atoms with van der Waals surface area (Å²) in [7, 11) is 0. The number of hydrogen-bond donors (Lipinski definition) is 2. The molecule has 1 rings (SSSR count). The number of aliphatic hydroxyl groups excluding tert-OH is 1. The Morgan fingerprint density at radius 2 is 1.90 bits per heavy atom. The van der Waals surface area contributed by atoms with Crippen LogP contribution in [0, 0.1) is 0 Å². The minimum atomic E-state index is -0.144. The van der Waals surface area contributed by atoms with Crippen LogP contribution in [0.25, 0.3) is 0 Å². The first kappa shape index (κ1) is 18.8. The van der Waals surface area contributed by atoms with Crippen molar-refractivity contribution < 1.29 is 5.11 Å². The summed E-state index contributed by atoms with van der Waals surface area (Å²) in [5, 5.41) is 13.8. The van der Waals surface area contributed by atoms with Crippen molar-refractivity contribution in [1.82, 2.24) is 5.32 Å². The van der Waals surface area contributed by atoms with Crippen molar-refractivity contribution in [3.63, 3.8) is 0 Å². The van der Waals surface area contributed by atoms with Crippen molar-refractivity contribution >= 4 is 23.4 Å². The number of unbranched alkanes of at least 4 members (excludes halogenated alkanes) is 1. The summed E-state index contributed by atoms with van der Waals surface area (Å²) < 4.78 is 0. The Kier molecular flexibility index (Phi) is 8.72. The number of nitrogens with one attached hydrogen (secondary N) is 1. The molecule has 2 N–H and O–H groups in total. The summed E-state index contributed by atoms with van der Waals surface area (Å²) in [6, 6.07) is 8.47. The van der Waals surface area contributed by atoms with Crippen molar-refractivity contribution in [1.29, 1.82) is 0 Å². The first-order valence-corrected chi connectivity index (χ1v) is 9.19. The fraction of sp³-hybridized carbons (Fsp3) is 0.647. The second-order valence-corrected chi connectivity index (χ2v) is 7.70. The van der Waals surface area contributed by atoms with Crippen LogP contribution in [-0.4, -0.2) is 29.0 Å². The van der Waals surface area contributed by atoms with Gasteiger partial charge in [0, 0.05) is 22.4 Å². The van der Waals surface area contributed by atoms with Crippen molar-refractivity contribution in [2.45, 2.75) is 57.4 Å². The molecule has 0 amide bonds. The summed E-state index contributed by atoms with van der Waals surface area (Å²) in [4.78, 5) is 0. The van der Waals surface area contributed by atoms with Gasteiger partial charge in [-0.05, 0) is 43.2 Å². The number of hydrogen-bond acceptors (Lipinski definition) is 3. The molecule has 1 atom stereocenters. The third-order valence-corrected chi connectivity index (χ3v) is 4.80. The predicted octanol–water partition coefficient (Wildman–Crippen LogP) is 4.49. The maximum absolute atomic E-state index is 9.53. The molecule has 0 heterocycles. The largest absolute Gasteiger partial charge is 0.394 e. The van der Waals surface area contributed by atoms with E-state index in [1.165, 1.54) is 12.0 Å². The van der Waals surface area contributed by atoms with Crippen LogP contribution in [0.5, 0.6) is 0 Å². The van der Waals surface area contributed by atoms with Crippen LogP contribution < -0.4 is 5.32 Å². The highest BCUT2D eigenvalue weighted by Crippen LogP contribution is 2.19. The lowest BCUT2D eigenvalue weighted by Crippen LogP contribution is -2.49. The highest BCUT2D eigenvalue weighted by Gasteiger charge is 2.22. The van der Waals surface area contributed by atoms with E-state index in [2.05, 4.69) is 38.2 Å². The van der Waals surface area contributed by atoms with E-state index in [1.54, 1.807) is 0 Å². The van der Waals surface area contributed by atoms with Gasteiger partial charge in [0.25, 0.3) is 0 Å². The van der Waals surface area contributed by atoms with Crippen LogP contribution in [0.3, 0.4) is 0 Å². The highest BCUT2D eigenvalue weighted by atomic mass is 35.5. The minimum absolute atomic E-state index is 0.144. The third-order valence-electron chi connectivity index (χ3n) is 3.44. The van der Waals surface area contributed by atoms with E-state index in [-0.39, 0.29) is 12.1 Å². The van der Waals surface area contributed by atoms with E-state index in [0.717, 1.165) is 29.4 Å². The first-order chi connectivity index (χ1) is 9.95. The Bertz CT molecular complexity index is 396. The molecule has 0 aliphatic carbocycles. The molecule has 120 valence electrons. The lowest BCUT2D eigenvalue weighted by atomic mass is 9.95. The number of benzene rings is 1. The zero-order valence-electron chi connectivity index (χ0n) is 13.4. The van der Waals surface area contributed by atoms with E-state index >= 15 is 0 Å². The molecule has 1 aromatic carbocycles. The van der Waals surface area contributed by atoms with Gasteiger partial charge >= 0.3 is 0 Å². The summed E-state index contributed by atoms with van der Waals surface area (Å²) in [6.07, 6.45) is 3.35. The number of halogens is 1. The fourth-order valence-corrected chi connectivity index (χ4v) is 3.49. The second kappa shape index (κ2) is 9.73. The van der Waals surface area contributed by atoms with Crippen LogP contribution in [-0.2, 0) is 5.75 Å². The van der Waals surface area contributed by atoms with Crippen molar-refractivity contribution in [2.75, 3.05) is 12.4 Å². The molecule has 0 aromatic heterocycles. The van der Waals surface area contributed by atoms with E-state index in [1.807, 2.05) is 23.9 Å². The van der Waals surface area contributed by atoms with Crippen molar-refractivity contribution in [3.8, 4) is 0 Å². The van der Waals surface area contributed by atoms with Crippen LogP contribution in [0.2, 0.25) is 5.02 Å². The lowest BCUT2D eigenvalue weighted by Gasteiger charge is -2.31. The topological polar surface area (TPSA) is 32.3 Å². The van der Waals surface area contributed by atoms with Crippen LogP contribution in [0.15, 0.2) is 24.3 Å². The maximum atomic E-state index is 9.53. The monoisotopic (exact) mass is 329 g/mol. The summed E-state index contributed by atoms with van der Waals surface area (Å²) >= 11 is 7.83. The molecular formula is C17H28ClNOS. The smallest absolute Gasteiger partial charge is 0.0610 e. The van der Waals surface area contributed by atoms with E-state index < -0.39 is 0 Å². The van der Waals surface area contributed by atoms with Crippen LogP contribution in [0.1, 0.15) is 45.6 Å². The van der Waals surface area contributed by atoms with Gasteiger partial charge < -0.3 is 10.4 Å². The molecule has 0 radical (unpaired) electrons. The molecule has 0 aliphatic heterocycles. The lowest BCUT2D eigenvalue weighted by molar-refractivity contribution is 0.154. The van der Waals surface area contributed by atoms with Gasteiger partial charge in [0.2, 0.25) is 0 Å². The molecule has 0 spiro atoms. The van der Waals surface area contributed by atoms with Gasteiger partial charge in [0.1, 0.15) is 0 Å². The summed E-state index contributed by atoms with van der Waals surface area (Å²) in [5.74, 6) is 2.20. The number of rotatable bonds is 10. The molecule has 0 fully saturated rings. The molecule has 4 heteroatoms. The van der Waals surface area contributed by atoms with Gasteiger partial charge in [-0.15, -0.1) is 0 Å². The molecule has 0 aliphatic rings. The Morgan fingerprint density at radius 3 is 2.48 bits per heavy atom. The van der Waals surface area contributed by atoms with Gasteiger partial charge in [-0.1, -0.05) is 44.0 Å². The van der Waals surface area contributed by atoms with Crippen molar-refractivity contribution in [2.24, 2.45) is 0 Å². The Balaban J connectivity index is 2.15. The molecular weight excluding hydrogens is 302 g/mol. The Hall–Kier alpha value is -0.220. The molecule has 0 bridgehead atoms. The van der Waals surface area contributed by atoms with Crippen molar-refractivity contribution in [3.05, 3.63) is 34.9 Å². The Morgan fingerprint density at radius 1 is 1.24 bits per heavy atom.